The van der Waals surface area contributed by atoms with E-state index in [9.17, 15) is 14.4 Å². The molecule has 0 fully saturated rings. The average molecular weight is 293 g/mol. The Balaban J connectivity index is -0.00000108. The maximum absolute atomic E-state index is 11.7. The molecule has 0 spiro atoms. The van der Waals surface area contributed by atoms with Crippen molar-refractivity contribution in [2.24, 2.45) is 0 Å². The number of hydrogen-bond acceptors (Lipinski definition) is 3. The molecule has 0 aliphatic heterocycles. The van der Waals surface area contributed by atoms with E-state index in [0.717, 1.165) is 0 Å². The van der Waals surface area contributed by atoms with Crippen molar-refractivity contribution in [3.05, 3.63) is 35.9 Å². The van der Waals surface area contributed by atoms with Gasteiger partial charge in [0.25, 0.3) is 5.91 Å². The molecule has 0 radical (unpaired) electrons. The van der Waals surface area contributed by atoms with Crippen molar-refractivity contribution in [3.8, 4) is 0 Å². The molecule has 7 heteroatoms. The number of hydrogen-bond donors (Lipinski definition) is 3. The fourth-order valence-electron chi connectivity index (χ4n) is 1.36. The Labute approximate surface area is 142 Å². The van der Waals surface area contributed by atoms with Gasteiger partial charge in [-0.15, -0.1) is 0 Å². The first-order valence-electron chi connectivity index (χ1n) is 5.31. The van der Waals surface area contributed by atoms with E-state index in [1.54, 1.807) is 30.3 Å². The van der Waals surface area contributed by atoms with E-state index in [-0.39, 0.29) is 53.4 Å². The van der Waals surface area contributed by atoms with Crippen LogP contribution in [0.3, 0.4) is 0 Å². The van der Waals surface area contributed by atoms with E-state index in [4.69, 9.17) is 10.2 Å². The van der Waals surface area contributed by atoms with Crippen LogP contribution in [0.25, 0.3) is 0 Å². The van der Waals surface area contributed by atoms with Crippen LogP contribution in [0.4, 0.5) is 0 Å². The fraction of sp³-hybridized carbons (Fsp3) is 0.250. The summed E-state index contributed by atoms with van der Waals surface area (Å²) in [4.78, 5) is 32.9. The molecule has 0 heterocycles. The second-order valence-electron chi connectivity index (χ2n) is 3.66. The van der Waals surface area contributed by atoms with Crippen LogP contribution in [-0.4, -0.2) is 71.8 Å². The van der Waals surface area contributed by atoms with Crippen molar-refractivity contribution in [1.82, 2.24) is 5.32 Å². The molecule has 1 aromatic rings. The maximum atomic E-state index is 11.7. The molecule has 0 aliphatic carbocycles. The zero-order valence-electron chi connectivity index (χ0n) is 12.2. The van der Waals surface area contributed by atoms with Gasteiger partial charge in [-0.05, 0) is 18.6 Å². The average Bonchev–Trinajstić information content (AvgIpc) is 2.34. The van der Waals surface area contributed by atoms with Crippen molar-refractivity contribution in [2.45, 2.75) is 18.9 Å². The summed E-state index contributed by atoms with van der Waals surface area (Å²) in [7, 11) is 0. The summed E-state index contributed by atoms with van der Waals surface area (Å²) in [5.74, 6) is -2.89. The molecule has 1 rings (SSSR count). The number of benzene rings is 1. The minimum Gasteiger partial charge on any atom is -1.00 e. The fourth-order valence-corrected chi connectivity index (χ4v) is 1.36. The summed E-state index contributed by atoms with van der Waals surface area (Å²) >= 11 is 0. The normalized spacial score (nSPS) is 10.9. The van der Waals surface area contributed by atoms with Gasteiger partial charge in [0.1, 0.15) is 6.04 Å². The predicted molar refractivity (Wildman–Crippen MR) is 70.2 cm³/mol. The van der Waals surface area contributed by atoms with Crippen LogP contribution in [0.15, 0.2) is 30.3 Å². The first kappa shape index (κ1) is 17.9. The number of nitrogens with one attached hydrogen (secondary N) is 1. The van der Waals surface area contributed by atoms with Gasteiger partial charge >= 0.3 is 49.7 Å². The number of rotatable bonds is 6. The standard InChI is InChI=1S/C12H13NO5.Ca.2H/c14-10(15)7-6-9(12(17)18)13-11(16)8-4-2-1-3-5-8;;;/h1-5,9H,6-7H2,(H,13,16)(H,14,15)(H,17,18);;;/q;+2;2*-1. The van der Waals surface area contributed by atoms with Gasteiger partial charge in [0.2, 0.25) is 0 Å². The Morgan fingerprint density at radius 3 is 2.21 bits per heavy atom. The van der Waals surface area contributed by atoms with Crippen LogP contribution in [0.1, 0.15) is 26.1 Å². The third-order valence-corrected chi connectivity index (χ3v) is 2.29. The van der Waals surface area contributed by atoms with Gasteiger partial charge in [-0.1, -0.05) is 18.2 Å². The zero-order valence-corrected chi connectivity index (χ0v) is 12.4. The first-order valence-corrected chi connectivity index (χ1v) is 5.31. The van der Waals surface area contributed by atoms with E-state index < -0.39 is 23.9 Å². The van der Waals surface area contributed by atoms with Gasteiger partial charge in [0.05, 0.1) is 0 Å². The molecule has 19 heavy (non-hydrogen) atoms. The number of carbonyl (C=O) groups is 3. The Hall–Kier alpha value is -1.11. The second-order valence-corrected chi connectivity index (χ2v) is 3.66. The van der Waals surface area contributed by atoms with Crippen LogP contribution in [0.5, 0.6) is 0 Å². The van der Waals surface area contributed by atoms with E-state index in [0.29, 0.717) is 5.56 Å². The summed E-state index contributed by atoms with van der Waals surface area (Å²) in [6, 6.07) is 6.94. The molecule has 0 aliphatic rings. The third-order valence-electron chi connectivity index (χ3n) is 2.29. The van der Waals surface area contributed by atoms with Gasteiger partial charge < -0.3 is 18.4 Å². The number of carboxylic acids is 2. The van der Waals surface area contributed by atoms with Crippen molar-refractivity contribution >= 4 is 55.6 Å². The van der Waals surface area contributed by atoms with Crippen LogP contribution >= 0.6 is 0 Å². The van der Waals surface area contributed by atoms with E-state index in [2.05, 4.69) is 5.32 Å². The van der Waals surface area contributed by atoms with Crippen molar-refractivity contribution in [1.29, 1.82) is 0 Å². The molecule has 100 valence electrons. The third kappa shape index (κ3) is 6.56. The van der Waals surface area contributed by atoms with Gasteiger partial charge in [0.15, 0.2) is 0 Å². The summed E-state index contributed by atoms with van der Waals surface area (Å²) in [5, 5.41) is 19.7. The molecule has 1 atom stereocenters. The topological polar surface area (TPSA) is 104 Å². The largest absolute Gasteiger partial charge is 2.00 e. The van der Waals surface area contributed by atoms with Crippen molar-refractivity contribution < 1.29 is 27.4 Å². The molecule has 3 N–H and O–H groups in total. The van der Waals surface area contributed by atoms with Crippen LogP contribution < -0.4 is 5.32 Å². The summed E-state index contributed by atoms with van der Waals surface area (Å²) in [5.41, 5.74) is 0.332. The predicted octanol–water partition coefficient (Wildman–Crippen LogP) is 0.579. The van der Waals surface area contributed by atoms with E-state index >= 15 is 0 Å². The quantitative estimate of drug-likeness (QED) is 0.666. The van der Waals surface area contributed by atoms with Crippen LogP contribution in [0, 0.1) is 0 Å². The summed E-state index contributed by atoms with van der Waals surface area (Å²) < 4.78 is 0. The molecule has 1 amide bonds. The number of carbonyl (C=O) groups excluding carboxylic acids is 1. The molecule has 6 nitrogen and oxygen atoms in total. The Morgan fingerprint density at radius 2 is 1.74 bits per heavy atom. The van der Waals surface area contributed by atoms with Crippen LogP contribution in [-0.2, 0) is 9.59 Å². The molecular weight excluding hydrogens is 278 g/mol. The monoisotopic (exact) mass is 293 g/mol. The van der Waals surface area contributed by atoms with E-state index in [1.165, 1.54) is 0 Å². The second kappa shape index (κ2) is 8.90. The van der Waals surface area contributed by atoms with Crippen molar-refractivity contribution in [2.75, 3.05) is 0 Å². The molecule has 0 saturated carbocycles. The number of amides is 1. The number of aliphatic carboxylic acids is 2. The van der Waals surface area contributed by atoms with Gasteiger partial charge in [0, 0.05) is 12.0 Å². The van der Waals surface area contributed by atoms with Crippen LogP contribution in [0.2, 0.25) is 0 Å². The van der Waals surface area contributed by atoms with Crippen molar-refractivity contribution in [3.63, 3.8) is 0 Å². The Bertz CT molecular complexity index is 458. The van der Waals surface area contributed by atoms with Gasteiger partial charge in [-0.2, -0.15) is 0 Å². The molecule has 1 aromatic carbocycles. The Morgan fingerprint density at radius 1 is 1.16 bits per heavy atom. The molecule has 1 unspecified atom stereocenters. The first-order chi connectivity index (χ1) is 8.50. The molecule has 0 aromatic heterocycles. The van der Waals surface area contributed by atoms with Gasteiger partial charge in [-0.3, -0.25) is 9.59 Å². The minimum absolute atomic E-state index is 0. The molecule has 0 bridgehead atoms. The number of carboxylic acid groups (broad SMARTS) is 2. The van der Waals surface area contributed by atoms with E-state index in [1.807, 2.05) is 0 Å². The van der Waals surface area contributed by atoms with Gasteiger partial charge in [-0.25, -0.2) is 4.79 Å². The SMILES string of the molecule is O=C(O)CCC(NC(=O)c1ccccc1)C(=O)O.[Ca+2].[H-].[H-]. The smallest absolute Gasteiger partial charge is 1.00 e. The minimum atomic E-state index is -1.25. The summed E-state index contributed by atoms with van der Waals surface area (Å²) in [6.07, 6.45) is -0.463. The molecule has 0 saturated heterocycles. The summed E-state index contributed by atoms with van der Waals surface area (Å²) in [6.45, 7) is 0. The maximum Gasteiger partial charge on any atom is 2.00 e. The zero-order chi connectivity index (χ0) is 13.5. The Kier molecular flexibility index (Phi) is 8.38. The molecular formula is C12H15CaNO5.